The fourth-order valence-corrected chi connectivity index (χ4v) is 1.33. The van der Waals surface area contributed by atoms with Crippen LogP contribution in [-0.2, 0) is 9.53 Å². The Balaban J connectivity index is 2.22. The summed E-state index contributed by atoms with van der Waals surface area (Å²) in [7, 11) is 0. The lowest BCUT2D eigenvalue weighted by molar-refractivity contribution is -0.126. The average molecular weight is 168 g/mol. The molecular weight excluding hydrogens is 152 g/mol. The summed E-state index contributed by atoms with van der Waals surface area (Å²) in [6.07, 6.45) is 7.63. The molecule has 0 amide bonds. The lowest BCUT2D eigenvalue weighted by Gasteiger charge is -2.16. The van der Waals surface area contributed by atoms with Gasteiger partial charge in [-0.15, -0.1) is 0 Å². The summed E-state index contributed by atoms with van der Waals surface area (Å²) in [5.74, 6) is 0.136. The fourth-order valence-electron chi connectivity index (χ4n) is 1.33. The molecule has 12 heavy (non-hydrogen) atoms. The summed E-state index contributed by atoms with van der Waals surface area (Å²) < 4.78 is 5.30. The van der Waals surface area contributed by atoms with Crippen LogP contribution in [0.25, 0.3) is 0 Å². The second kappa shape index (κ2) is 5.09. The summed E-state index contributed by atoms with van der Waals surface area (Å²) in [4.78, 5) is 11.2. The van der Waals surface area contributed by atoms with Crippen LogP contribution in [-0.4, -0.2) is 18.5 Å². The first kappa shape index (κ1) is 9.46. The SMILES string of the molecule is CCCCCC1OCC=CC1=O. The molecule has 0 aromatic rings. The van der Waals surface area contributed by atoms with Crippen LogP contribution in [0.15, 0.2) is 12.2 Å². The molecule has 0 bridgehead atoms. The Bertz CT molecular complexity index is 173. The predicted octanol–water partition coefficient (Wildman–Crippen LogP) is 2.09. The van der Waals surface area contributed by atoms with Crippen LogP contribution < -0.4 is 0 Å². The third-order valence-corrected chi connectivity index (χ3v) is 2.06. The highest BCUT2D eigenvalue weighted by molar-refractivity contribution is 5.94. The maximum atomic E-state index is 11.2. The first-order valence-electron chi connectivity index (χ1n) is 4.66. The van der Waals surface area contributed by atoms with Gasteiger partial charge in [0.15, 0.2) is 5.78 Å². The van der Waals surface area contributed by atoms with Crippen molar-refractivity contribution < 1.29 is 9.53 Å². The fraction of sp³-hybridized carbons (Fsp3) is 0.700. The van der Waals surface area contributed by atoms with Crippen molar-refractivity contribution >= 4 is 5.78 Å². The van der Waals surface area contributed by atoms with Gasteiger partial charge in [0.05, 0.1) is 6.61 Å². The second-order valence-electron chi connectivity index (χ2n) is 3.12. The van der Waals surface area contributed by atoms with E-state index in [0.717, 1.165) is 12.8 Å². The number of hydrogen-bond donors (Lipinski definition) is 0. The Kier molecular flexibility index (Phi) is 4.01. The quantitative estimate of drug-likeness (QED) is 0.601. The summed E-state index contributed by atoms with van der Waals surface area (Å²) >= 11 is 0. The topological polar surface area (TPSA) is 26.3 Å². The molecule has 0 saturated carbocycles. The molecule has 1 aliphatic heterocycles. The van der Waals surface area contributed by atoms with Crippen LogP contribution in [0.5, 0.6) is 0 Å². The van der Waals surface area contributed by atoms with Gasteiger partial charge in [0.1, 0.15) is 6.10 Å². The van der Waals surface area contributed by atoms with Gasteiger partial charge < -0.3 is 4.74 Å². The molecule has 0 aromatic carbocycles. The molecule has 0 saturated heterocycles. The molecule has 1 heterocycles. The number of carbonyl (C=O) groups is 1. The van der Waals surface area contributed by atoms with Gasteiger partial charge in [0.2, 0.25) is 0 Å². The van der Waals surface area contributed by atoms with Gasteiger partial charge in [-0.05, 0) is 12.5 Å². The zero-order chi connectivity index (χ0) is 8.81. The van der Waals surface area contributed by atoms with Crippen LogP contribution in [0, 0.1) is 0 Å². The van der Waals surface area contributed by atoms with Crippen molar-refractivity contribution in [1.82, 2.24) is 0 Å². The van der Waals surface area contributed by atoms with E-state index in [1.54, 1.807) is 12.2 Å². The molecule has 0 radical (unpaired) electrons. The van der Waals surface area contributed by atoms with Gasteiger partial charge in [-0.2, -0.15) is 0 Å². The van der Waals surface area contributed by atoms with Gasteiger partial charge in [-0.3, -0.25) is 4.79 Å². The molecule has 0 aliphatic carbocycles. The van der Waals surface area contributed by atoms with E-state index in [0.29, 0.717) is 6.61 Å². The number of unbranched alkanes of at least 4 members (excludes halogenated alkanes) is 2. The van der Waals surface area contributed by atoms with Crippen molar-refractivity contribution in [3.05, 3.63) is 12.2 Å². The molecule has 0 aromatic heterocycles. The Morgan fingerprint density at radius 1 is 1.58 bits per heavy atom. The zero-order valence-corrected chi connectivity index (χ0v) is 7.58. The number of hydrogen-bond acceptors (Lipinski definition) is 2. The molecule has 0 fully saturated rings. The van der Waals surface area contributed by atoms with Gasteiger partial charge >= 0.3 is 0 Å². The molecule has 2 heteroatoms. The van der Waals surface area contributed by atoms with E-state index in [9.17, 15) is 4.79 Å². The van der Waals surface area contributed by atoms with E-state index in [1.807, 2.05) is 0 Å². The van der Waals surface area contributed by atoms with E-state index in [4.69, 9.17) is 4.74 Å². The third kappa shape index (κ3) is 2.78. The predicted molar refractivity (Wildman–Crippen MR) is 48.0 cm³/mol. The maximum absolute atomic E-state index is 11.2. The minimum absolute atomic E-state index is 0.136. The molecule has 1 unspecified atom stereocenters. The van der Waals surface area contributed by atoms with E-state index in [1.165, 1.54) is 12.8 Å². The number of ether oxygens (including phenoxy) is 1. The van der Waals surface area contributed by atoms with Crippen LogP contribution in [0.3, 0.4) is 0 Å². The van der Waals surface area contributed by atoms with Gasteiger partial charge in [0, 0.05) is 0 Å². The normalized spacial score (nSPS) is 23.1. The third-order valence-electron chi connectivity index (χ3n) is 2.06. The van der Waals surface area contributed by atoms with Crippen molar-refractivity contribution in [2.24, 2.45) is 0 Å². The minimum Gasteiger partial charge on any atom is -0.366 e. The maximum Gasteiger partial charge on any atom is 0.184 e. The van der Waals surface area contributed by atoms with Crippen LogP contribution >= 0.6 is 0 Å². The highest BCUT2D eigenvalue weighted by atomic mass is 16.5. The Labute approximate surface area is 73.6 Å². The van der Waals surface area contributed by atoms with E-state index in [-0.39, 0.29) is 11.9 Å². The first-order valence-corrected chi connectivity index (χ1v) is 4.66. The van der Waals surface area contributed by atoms with Gasteiger partial charge in [0.25, 0.3) is 0 Å². The van der Waals surface area contributed by atoms with Crippen molar-refractivity contribution in [3.8, 4) is 0 Å². The van der Waals surface area contributed by atoms with Crippen LogP contribution in [0.1, 0.15) is 32.6 Å². The monoisotopic (exact) mass is 168 g/mol. The molecule has 2 nitrogen and oxygen atoms in total. The van der Waals surface area contributed by atoms with Crippen LogP contribution in [0.2, 0.25) is 0 Å². The first-order chi connectivity index (χ1) is 5.84. The Morgan fingerprint density at radius 2 is 2.42 bits per heavy atom. The number of ketones is 1. The Morgan fingerprint density at radius 3 is 3.08 bits per heavy atom. The zero-order valence-electron chi connectivity index (χ0n) is 7.58. The van der Waals surface area contributed by atoms with Gasteiger partial charge in [-0.1, -0.05) is 32.3 Å². The number of carbonyl (C=O) groups excluding carboxylic acids is 1. The summed E-state index contributed by atoms with van der Waals surface area (Å²) in [6, 6.07) is 0. The summed E-state index contributed by atoms with van der Waals surface area (Å²) in [6.45, 7) is 2.76. The minimum atomic E-state index is -0.151. The molecule has 1 aliphatic rings. The van der Waals surface area contributed by atoms with E-state index < -0.39 is 0 Å². The van der Waals surface area contributed by atoms with Crippen molar-refractivity contribution in [2.45, 2.75) is 38.7 Å². The molecule has 68 valence electrons. The summed E-state index contributed by atoms with van der Waals surface area (Å²) in [5.41, 5.74) is 0. The molecule has 1 rings (SSSR count). The van der Waals surface area contributed by atoms with Gasteiger partial charge in [-0.25, -0.2) is 0 Å². The molecule has 0 spiro atoms. The standard InChI is InChI=1S/C10H16O2/c1-2-3-4-7-10-9(11)6-5-8-12-10/h5-6,10H,2-4,7-8H2,1H3. The molecular formula is C10H16O2. The highest BCUT2D eigenvalue weighted by Crippen LogP contribution is 2.11. The lowest BCUT2D eigenvalue weighted by atomic mass is 10.1. The lowest BCUT2D eigenvalue weighted by Crippen LogP contribution is -2.25. The van der Waals surface area contributed by atoms with Crippen LogP contribution in [0.4, 0.5) is 0 Å². The van der Waals surface area contributed by atoms with Crippen molar-refractivity contribution in [1.29, 1.82) is 0 Å². The highest BCUT2D eigenvalue weighted by Gasteiger charge is 2.17. The van der Waals surface area contributed by atoms with Crippen molar-refractivity contribution in [2.75, 3.05) is 6.61 Å². The second-order valence-corrected chi connectivity index (χ2v) is 3.12. The smallest absolute Gasteiger partial charge is 0.184 e. The Hall–Kier alpha value is -0.630. The number of rotatable bonds is 4. The van der Waals surface area contributed by atoms with E-state index >= 15 is 0 Å². The van der Waals surface area contributed by atoms with E-state index in [2.05, 4.69) is 6.92 Å². The van der Waals surface area contributed by atoms with Crippen molar-refractivity contribution in [3.63, 3.8) is 0 Å². The summed E-state index contributed by atoms with van der Waals surface area (Å²) in [5, 5.41) is 0. The molecule has 0 N–H and O–H groups in total. The average Bonchev–Trinajstić information content (AvgIpc) is 2.09. The largest absolute Gasteiger partial charge is 0.366 e. The molecule has 1 atom stereocenters.